The van der Waals surface area contributed by atoms with Crippen LogP contribution in [0.3, 0.4) is 0 Å². The molecular formula is C25H22BrClN4O2. The molecule has 0 aliphatic rings. The number of halogens is 2. The zero-order valence-corrected chi connectivity index (χ0v) is 20.4. The van der Waals surface area contributed by atoms with Crippen molar-refractivity contribution in [1.29, 1.82) is 0 Å². The molecule has 0 unspecified atom stereocenters. The van der Waals surface area contributed by atoms with Crippen LogP contribution in [0.5, 0.6) is 0 Å². The van der Waals surface area contributed by atoms with E-state index in [1.165, 1.54) is 6.21 Å². The van der Waals surface area contributed by atoms with Crippen LogP contribution in [0, 0.1) is 0 Å². The first-order chi connectivity index (χ1) is 15.8. The zero-order chi connectivity index (χ0) is 23.8. The molecule has 3 aromatic rings. The molecular weight excluding hydrogens is 504 g/mol. The largest absolute Gasteiger partial charge is 0.378 e. The molecule has 2 N–H and O–H groups in total. The summed E-state index contributed by atoms with van der Waals surface area (Å²) in [6, 6.07) is 21.6. The topological polar surface area (TPSA) is 73.8 Å². The maximum atomic E-state index is 12.9. The fraction of sp³-hybridized carbons (Fsp3) is 0.0800. The van der Waals surface area contributed by atoms with Gasteiger partial charge in [0.2, 0.25) is 0 Å². The second-order valence-corrected chi connectivity index (χ2v) is 8.55. The Morgan fingerprint density at radius 1 is 0.970 bits per heavy atom. The number of hydrazone groups is 1. The van der Waals surface area contributed by atoms with Gasteiger partial charge in [-0.2, -0.15) is 5.10 Å². The Morgan fingerprint density at radius 3 is 2.36 bits per heavy atom. The summed E-state index contributed by atoms with van der Waals surface area (Å²) in [5.74, 6) is -1.07. The van der Waals surface area contributed by atoms with Gasteiger partial charge in [0.1, 0.15) is 5.70 Å². The third kappa shape index (κ3) is 7.03. The molecule has 0 bridgehead atoms. The van der Waals surface area contributed by atoms with Crippen LogP contribution in [0.25, 0.3) is 6.08 Å². The minimum Gasteiger partial charge on any atom is -0.378 e. The van der Waals surface area contributed by atoms with Crippen molar-refractivity contribution < 1.29 is 9.59 Å². The number of benzene rings is 3. The lowest BCUT2D eigenvalue weighted by Gasteiger charge is -2.13. The average Bonchev–Trinajstić information content (AvgIpc) is 2.79. The minimum absolute atomic E-state index is 0.0314. The Labute approximate surface area is 206 Å². The molecule has 0 atom stereocenters. The third-order valence-electron chi connectivity index (χ3n) is 4.56. The van der Waals surface area contributed by atoms with Gasteiger partial charge in [0.05, 0.1) is 16.8 Å². The van der Waals surface area contributed by atoms with E-state index in [4.69, 9.17) is 11.6 Å². The molecule has 0 heterocycles. The van der Waals surface area contributed by atoms with Gasteiger partial charge in [-0.1, -0.05) is 63.9 Å². The van der Waals surface area contributed by atoms with Crippen molar-refractivity contribution >= 4 is 57.3 Å². The Balaban J connectivity index is 1.84. The number of hydrogen-bond acceptors (Lipinski definition) is 4. The Bertz CT molecular complexity index is 1210. The molecule has 0 aliphatic heterocycles. The van der Waals surface area contributed by atoms with Gasteiger partial charge in [0.25, 0.3) is 11.8 Å². The summed E-state index contributed by atoms with van der Waals surface area (Å²) < 4.78 is 0.895. The number of rotatable bonds is 7. The number of carbonyl (C=O) groups is 2. The maximum absolute atomic E-state index is 12.9. The summed E-state index contributed by atoms with van der Waals surface area (Å²) in [7, 11) is 3.88. The van der Waals surface area contributed by atoms with E-state index >= 15 is 0 Å². The number of nitrogens with zero attached hydrogens (tertiary/aromatic N) is 2. The van der Waals surface area contributed by atoms with E-state index in [0.717, 1.165) is 21.3 Å². The van der Waals surface area contributed by atoms with Crippen molar-refractivity contribution in [1.82, 2.24) is 10.7 Å². The van der Waals surface area contributed by atoms with Gasteiger partial charge in [0.15, 0.2) is 0 Å². The predicted molar refractivity (Wildman–Crippen MR) is 138 cm³/mol. The summed E-state index contributed by atoms with van der Waals surface area (Å²) in [6.45, 7) is 0. The Kier molecular flexibility index (Phi) is 8.40. The Hall–Kier alpha value is -3.42. The fourth-order valence-electron chi connectivity index (χ4n) is 2.84. The van der Waals surface area contributed by atoms with E-state index in [2.05, 4.69) is 31.8 Å². The van der Waals surface area contributed by atoms with E-state index in [0.29, 0.717) is 0 Å². The van der Waals surface area contributed by atoms with Crippen molar-refractivity contribution in [2.75, 3.05) is 19.0 Å². The van der Waals surface area contributed by atoms with E-state index in [1.54, 1.807) is 30.3 Å². The molecule has 0 aromatic heterocycles. The van der Waals surface area contributed by atoms with Gasteiger partial charge < -0.3 is 10.2 Å². The van der Waals surface area contributed by atoms with Crippen molar-refractivity contribution in [3.8, 4) is 0 Å². The lowest BCUT2D eigenvalue weighted by molar-refractivity contribution is -0.117. The van der Waals surface area contributed by atoms with Gasteiger partial charge in [0, 0.05) is 24.3 Å². The van der Waals surface area contributed by atoms with Gasteiger partial charge >= 0.3 is 0 Å². The molecule has 33 heavy (non-hydrogen) atoms. The minimum atomic E-state index is -0.571. The lowest BCUT2D eigenvalue weighted by Crippen LogP contribution is -2.33. The van der Waals surface area contributed by atoms with Crippen LogP contribution in [0.4, 0.5) is 5.69 Å². The maximum Gasteiger partial charge on any atom is 0.287 e. The number of nitrogens with one attached hydrogen (secondary N) is 2. The lowest BCUT2D eigenvalue weighted by atomic mass is 10.1. The van der Waals surface area contributed by atoms with Crippen LogP contribution in [-0.4, -0.2) is 32.1 Å². The van der Waals surface area contributed by atoms with Gasteiger partial charge in [-0.05, 0) is 53.6 Å². The van der Waals surface area contributed by atoms with Crippen LogP contribution in [0.15, 0.2) is 88.1 Å². The second kappa shape index (κ2) is 11.4. The van der Waals surface area contributed by atoms with Crippen LogP contribution in [-0.2, 0) is 4.79 Å². The highest BCUT2D eigenvalue weighted by Gasteiger charge is 2.16. The fourth-order valence-corrected chi connectivity index (χ4v) is 3.48. The highest BCUT2D eigenvalue weighted by atomic mass is 79.9. The third-order valence-corrected chi connectivity index (χ3v) is 5.38. The van der Waals surface area contributed by atoms with E-state index in [1.807, 2.05) is 67.5 Å². The molecule has 8 heteroatoms. The van der Waals surface area contributed by atoms with E-state index < -0.39 is 11.8 Å². The molecule has 3 aromatic carbocycles. The molecule has 3 rings (SSSR count). The molecule has 168 valence electrons. The first-order valence-electron chi connectivity index (χ1n) is 9.97. The molecule has 0 saturated heterocycles. The first-order valence-corrected chi connectivity index (χ1v) is 11.1. The van der Waals surface area contributed by atoms with Crippen molar-refractivity contribution in [2.45, 2.75) is 0 Å². The van der Waals surface area contributed by atoms with E-state index in [9.17, 15) is 9.59 Å². The number of anilines is 1. The van der Waals surface area contributed by atoms with Crippen LogP contribution in [0.2, 0.25) is 5.02 Å². The number of amides is 2. The van der Waals surface area contributed by atoms with Crippen LogP contribution in [0.1, 0.15) is 21.5 Å². The molecule has 0 fully saturated rings. The smallest absolute Gasteiger partial charge is 0.287 e. The van der Waals surface area contributed by atoms with Crippen molar-refractivity contribution in [3.05, 3.63) is 105 Å². The van der Waals surface area contributed by atoms with E-state index in [-0.39, 0.29) is 16.3 Å². The summed E-state index contributed by atoms with van der Waals surface area (Å²) >= 11 is 9.53. The quantitative estimate of drug-likeness (QED) is 0.256. The Morgan fingerprint density at radius 2 is 1.70 bits per heavy atom. The molecule has 0 aliphatic carbocycles. The van der Waals surface area contributed by atoms with Gasteiger partial charge in [-0.3, -0.25) is 9.59 Å². The average molecular weight is 526 g/mol. The molecule has 0 spiro atoms. The predicted octanol–water partition coefficient (Wildman–Crippen LogP) is 5.09. The van der Waals surface area contributed by atoms with Gasteiger partial charge in [-0.25, -0.2) is 5.43 Å². The summed E-state index contributed by atoms with van der Waals surface area (Å²) in [5.41, 5.74) is 5.31. The molecule has 6 nitrogen and oxygen atoms in total. The van der Waals surface area contributed by atoms with Gasteiger partial charge in [-0.15, -0.1) is 0 Å². The van der Waals surface area contributed by atoms with Crippen LogP contribution >= 0.6 is 27.5 Å². The highest BCUT2D eigenvalue weighted by Crippen LogP contribution is 2.17. The normalized spacial score (nSPS) is 11.3. The van der Waals surface area contributed by atoms with Crippen molar-refractivity contribution in [3.63, 3.8) is 0 Å². The molecule has 2 amide bonds. The number of carbonyl (C=O) groups excluding carboxylic acids is 2. The SMILES string of the molecule is CN(C)c1ccc(C=C(NC(=O)c2ccccc2Cl)C(=O)NN=Cc2cccc(Br)c2)cc1. The van der Waals surface area contributed by atoms with Crippen molar-refractivity contribution in [2.24, 2.45) is 5.10 Å². The zero-order valence-electron chi connectivity index (χ0n) is 18.0. The second-order valence-electron chi connectivity index (χ2n) is 7.23. The highest BCUT2D eigenvalue weighted by molar-refractivity contribution is 9.10. The standard InChI is InChI=1S/C25H22BrClN4O2/c1-31(2)20-12-10-17(11-13-20)15-23(29-24(32)21-8-3-4-9-22(21)27)25(33)30-28-16-18-6-5-7-19(26)14-18/h3-16H,1-2H3,(H,29,32)(H,30,33). The summed E-state index contributed by atoms with van der Waals surface area (Å²) in [4.78, 5) is 27.6. The molecule has 0 radical (unpaired) electrons. The molecule has 0 saturated carbocycles. The number of hydrogen-bond donors (Lipinski definition) is 2. The summed E-state index contributed by atoms with van der Waals surface area (Å²) in [5, 5.41) is 6.95. The van der Waals surface area contributed by atoms with Crippen LogP contribution < -0.4 is 15.6 Å². The monoisotopic (exact) mass is 524 g/mol. The first kappa shape index (κ1) is 24.2. The summed E-state index contributed by atoms with van der Waals surface area (Å²) in [6.07, 6.45) is 3.10.